The Morgan fingerprint density at radius 1 is 1.30 bits per heavy atom. The van der Waals surface area contributed by atoms with Crippen LogP contribution in [0.15, 0.2) is 41.1 Å². The lowest BCUT2D eigenvalue weighted by Gasteiger charge is -2.32. The second-order valence-corrected chi connectivity index (χ2v) is 7.58. The Morgan fingerprint density at radius 3 is 2.57 bits per heavy atom. The smallest absolute Gasteiger partial charge is 0.266 e. The standard InChI is InChI=1S/C18H20ClNO2S/c1-18(2,22-16-7-3-14(19)4-8-16)17(21)20(15-5-6-15)11-13-9-10-23-12-13/h3-4,7-10,12,15H,5-6,11H2,1-2H3. The van der Waals surface area contributed by atoms with Crippen LogP contribution in [-0.2, 0) is 11.3 Å². The topological polar surface area (TPSA) is 29.5 Å². The molecular formula is C18H20ClNO2S. The van der Waals surface area contributed by atoms with Gasteiger partial charge in [-0.05, 0) is 73.3 Å². The third-order valence-electron chi connectivity index (χ3n) is 3.88. The highest BCUT2D eigenvalue weighted by Crippen LogP contribution is 2.32. The Morgan fingerprint density at radius 2 is 2.00 bits per heavy atom. The van der Waals surface area contributed by atoms with E-state index < -0.39 is 5.60 Å². The van der Waals surface area contributed by atoms with Gasteiger partial charge in [0.25, 0.3) is 5.91 Å². The minimum Gasteiger partial charge on any atom is -0.478 e. The molecule has 1 aromatic carbocycles. The largest absolute Gasteiger partial charge is 0.478 e. The molecule has 0 atom stereocenters. The number of rotatable bonds is 6. The van der Waals surface area contributed by atoms with E-state index in [1.807, 2.05) is 24.1 Å². The SMILES string of the molecule is CC(C)(Oc1ccc(Cl)cc1)C(=O)N(Cc1ccsc1)C1CC1. The number of halogens is 1. The average molecular weight is 350 g/mol. The van der Waals surface area contributed by atoms with Gasteiger partial charge in [0.1, 0.15) is 5.75 Å². The first-order chi connectivity index (χ1) is 11.0. The maximum absolute atomic E-state index is 13.0. The predicted octanol–water partition coefficient (Wildman–Crippen LogP) is 4.75. The highest BCUT2D eigenvalue weighted by molar-refractivity contribution is 7.07. The Kier molecular flexibility index (Phi) is 4.64. The fourth-order valence-corrected chi connectivity index (χ4v) is 3.30. The summed E-state index contributed by atoms with van der Waals surface area (Å²) in [6, 6.07) is 9.52. The van der Waals surface area contributed by atoms with Crippen LogP contribution >= 0.6 is 22.9 Å². The second-order valence-electron chi connectivity index (χ2n) is 6.36. The van der Waals surface area contributed by atoms with Crippen LogP contribution in [0.1, 0.15) is 32.3 Å². The Bertz CT molecular complexity index is 663. The van der Waals surface area contributed by atoms with Crippen LogP contribution in [0, 0.1) is 0 Å². The first-order valence-electron chi connectivity index (χ1n) is 7.72. The van der Waals surface area contributed by atoms with Crippen molar-refractivity contribution < 1.29 is 9.53 Å². The van der Waals surface area contributed by atoms with E-state index in [4.69, 9.17) is 16.3 Å². The van der Waals surface area contributed by atoms with Gasteiger partial charge in [0.2, 0.25) is 0 Å². The molecule has 122 valence electrons. The molecule has 3 rings (SSSR count). The summed E-state index contributed by atoms with van der Waals surface area (Å²) in [4.78, 5) is 15.0. The summed E-state index contributed by atoms with van der Waals surface area (Å²) in [5, 5.41) is 4.79. The van der Waals surface area contributed by atoms with E-state index in [9.17, 15) is 4.79 Å². The van der Waals surface area contributed by atoms with Gasteiger partial charge in [0.05, 0.1) is 0 Å². The molecule has 0 bridgehead atoms. The first kappa shape index (κ1) is 16.3. The predicted molar refractivity (Wildman–Crippen MR) is 94.1 cm³/mol. The summed E-state index contributed by atoms with van der Waals surface area (Å²) in [6.45, 7) is 4.31. The average Bonchev–Trinajstić information content (AvgIpc) is 3.23. The number of carbonyl (C=O) groups is 1. The van der Waals surface area contributed by atoms with Crippen molar-refractivity contribution in [2.45, 2.75) is 44.9 Å². The van der Waals surface area contributed by atoms with E-state index in [-0.39, 0.29) is 5.91 Å². The van der Waals surface area contributed by atoms with Gasteiger partial charge in [-0.1, -0.05) is 11.6 Å². The molecule has 0 unspecified atom stereocenters. The highest BCUT2D eigenvalue weighted by atomic mass is 35.5. The first-order valence-corrected chi connectivity index (χ1v) is 9.04. The minimum atomic E-state index is -0.910. The fraction of sp³-hybridized carbons (Fsp3) is 0.389. The van der Waals surface area contributed by atoms with Crippen molar-refractivity contribution in [3.05, 3.63) is 51.7 Å². The van der Waals surface area contributed by atoms with Gasteiger partial charge in [0, 0.05) is 17.6 Å². The molecule has 0 aliphatic heterocycles. The van der Waals surface area contributed by atoms with E-state index in [1.54, 1.807) is 35.6 Å². The summed E-state index contributed by atoms with van der Waals surface area (Å²) < 4.78 is 5.95. The number of thiophene rings is 1. The van der Waals surface area contributed by atoms with Crippen molar-refractivity contribution in [3.63, 3.8) is 0 Å². The Balaban J connectivity index is 1.73. The van der Waals surface area contributed by atoms with Gasteiger partial charge in [-0.2, -0.15) is 11.3 Å². The van der Waals surface area contributed by atoms with Gasteiger partial charge in [-0.25, -0.2) is 0 Å². The number of carbonyl (C=O) groups excluding carboxylic acids is 1. The lowest BCUT2D eigenvalue weighted by Crippen LogP contribution is -2.49. The fourth-order valence-electron chi connectivity index (χ4n) is 2.52. The number of ether oxygens (including phenoxy) is 1. The normalized spacial score (nSPS) is 14.6. The zero-order chi connectivity index (χ0) is 16.4. The van der Waals surface area contributed by atoms with Crippen LogP contribution in [-0.4, -0.2) is 22.4 Å². The molecule has 0 spiro atoms. The third-order valence-corrected chi connectivity index (χ3v) is 4.87. The number of hydrogen-bond acceptors (Lipinski definition) is 3. The summed E-state index contributed by atoms with van der Waals surface area (Å²) in [6.07, 6.45) is 2.15. The molecule has 5 heteroatoms. The highest BCUT2D eigenvalue weighted by Gasteiger charge is 2.41. The van der Waals surface area contributed by atoms with Crippen molar-refractivity contribution in [2.75, 3.05) is 0 Å². The number of benzene rings is 1. The van der Waals surface area contributed by atoms with E-state index >= 15 is 0 Å². The molecule has 3 nitrogen and oxygen atoms in total. The molecule has 1 amide bonds. The van der Waals surface area contributed by atoms with Crippen LogP contribution < -0.4 is 4.74 Å². The number of nitrogens with zero attached hydrogens (tertiary/aromatic N) is 1. The van der Waals surface area contributed by atoms with Crippen molar-refractivity contribution in [1.29, 1.82) is 0 Å². The summed E-state index contributed by atoms with van der Waals surface area (Å²) >= 11 is 7.55. The second kappa shape index (κ2) is 6.54. The van der Waals surface area contributed by atoms with Gasteiger partial charge in [-0.15, -0.1) is 0 Å². The summed E-state index contributed by atoms with van der Waals surface area (Å²) in [5.74, 6) is 0.681. The minimum absolute atomic E-state index is 0.0288. The van der Waals surface area contributed by atoms with Crippen molar-refractivity contribution in [2.24, 2.45) is 0 Å². The molecule has 1 heterocycles. The third kappa shape index (κ3) is 4.06. The molecule has 1 aromatic heterocycles. The van der Waals surface area contributed by atoms with Crippen molar-refractivity contribution in [3.8, 4) is 5.75 Å². The molecular weight excluding hydrogens is 330 g/mol. The molecule has 2 aromatic rings. The van der Waals surface area contributed by atoms with Gasteiger partial charge in [-0.3, -0.25) is 4.79 Å². The van der Waals surface area contributed by atoms with E-state index in [0.29, 0.717) is 23.4 Å². The van der Waals surface area contributed by atoms with Crippen LogP contribution in [0.4, 0.5) is 0 Å². The van der Waals surface area contributed by atoms with Crippen molar-refractivity contribution >= 4 is 28.8 Å². The summed E-state index contributed by atoms with van der Waals surface area (Å²) in [7, 11) is 0. The molecule has 0 saturated heterocycles. The van der Waals surface area contributed by atoms with E-state index in [2.05, 4.69) is 11.4 Å². The van der Waals surface area contributed by atoms with Crippen LogP contribution in [0.2, 0.25) is 5.02 Å². The van der Waals surface area contributed by atoms with Crippen molar-refractivity contribution in [1.82, 2.24) is 4.90 Å². The maximum atomic E-state index is 13.0. The lowest BCUT2D eigenvalue weighted by molar-refractivity contribution is -0.146. The zero-order valence-corrected chi connectivity index (χ0v) is 14.9. The van der Waals surface area contributed by atoms with E-state index in [1.165, 1.54) is 5.56 Å². The molecule has 1 aliphatic rings. The Hall–Kier alpha value is -1.52. The van der Waals surface area contributed by atoms with Crippen LogP contribution in [0.5, 0.6) is 5.75 Å². The monoisotopic (exact) mass is 349 g/mol. The number of amides is 1. The maximum Gasteiger partial charge on any atom is 0.266 e. The molecule has 1 aliphatic carbocycles. The summed E-state index contributed by atoms with van der Waals surface area (Å²) in [5.41, 5.74) is 0.268. The van der Waals surface area contributed by atoms with E-state index in [0.717, 1.165) is 12.8 Å². The van der Waals surface area contributed by atoms with Gasteiger partial charge in [0.15, 0.2) is 5.60 Å². The molecule has 1 saturated carbocycles. The molecule has 23 heavy (non-hydrogen) atoms. The molecule has 0 radical (unpaired) electrons. The molecule has 1 fully saturated rings. The quantitative estimate of drug-likeness (QED) is 0.753. The zero-order valence-electron chi connectivity index (χ0n) is 13.3. The lowest BCUT2D eigenvalue weighted by atomic mass is 10.1. The van der Waals surface area contributed by atoms with Crippen LogP contribution in [0.25, 0.3) is 0 Å². The molecule has 0 N–H and O–H groups in total. The number of hydrogen-bond donors (Lipinski definition) is 0. The van der Waals surface area contributed by atoms with Gasteiger partial charge >= 0.3 is 0 Å². The Labute approximate surface area is 145 Å². The van der Waals surface area contributed by atoms with Gasteiger partial charge < -0.3 is 9.64 Å². The van der Waals surface area contributed by atoms with Crippen LogP contribution in [0.3, 0.4) is 0 Å².